The van der Waals surface area contributed by atoms with E-state index in [2.05, 4.69) is 22.7 Å². The molecule has 0 saturated heterocycles. The van der Waals surface area contributed by atoms with E-state index in [1.807, 2.05) is 6.20 Å². The van der Waals surface area contributed by atoms with E-state index in [-0.39, 0.29) is 5.54 Å². The van der Waals surface area contributed by atoms with Crippen LogP contribution in [0.5, 0.6) is 0 Å². The van der Waals surface area contributed by atoms with Gasteiger partial charge in [-0.25, -0.2) is 4.98 Å². The molecule has 0 bridgehead atoms. The first-order valence-electron chi connectivity index (χ1n) is 5.99. The molecule has 0 amide bonds. The number of hydrogen-bond donors (Lipinski definition) is 1. The summed E-state index contributed by atoms with van der Waals surface area (Å²) < 4.78 is 2.30. The third kappa shape index (κ3) is 1.93. The number of rotatable bonds is 2. The maximum absolute atomic E-state index is 6.02. The molecule has 1 aromatic rings. The molecule has 0 spiro atoms. The summed E-state index contributed by atoms with van der Waals surface area (Å²) in [7, 11) is 0. The van der Waals surface area contributed by atoms with Gasteiger partial charge in [0, 0.05) is 18.9 Å². The topological polar surface area (TPSA) is 43.8 Å². The molecule has 1 aromatic heterocycles. The van der Waals surface area contributed by atoms with Crippen molar-refractivity contribution >= 4 is 0 Å². The highest BCUT2D eigenvalue weighted by Gasteiger charge is 2.31. The fourth-order valence-electron chi connectivity index (χ4n) is 2.81. The van der Waals surface area contributed by atoms with Crippen molar-refractivity contribution in [3.63, 3.8) is 0 Å². The normalized spacial score (nSPS) is 21.2. The van der Waals surface area contributed by atoms with Crippen molar-refractivity contribution < 1.29 is 0 Å². The van der Waals surface area contributed by atoms with Crippen LogP contribution in [0.2, 0.25) is 0 Å². The molecule has 0 radical (unpaired) electrons. The summed E-state index contributed by atoms with van der Waals surface area (Å²) in [6, 6.07) is 0. The van der Waals surface area contributed by atoms with Crippen LogP contribution in [0.15, 0.2) is 12.4 Å². The molecule has 3 heteroatoms. The third-order valence-corrected chi connectivity index (χ3v) is 3.75. The number of aryl methyl sites for hydroxylation is 1. The Kier molecular flexibility index (Phi) is 3.10. The summed E-state index contributed by atoms with van der Waals surface area (Å²) in [4.78, 5) is 4.32. The molecule has 1 aliphatic carbocycles. The van der Waals surface area contributed by atoms with Crippen molar-refractivity contribution in [2.75, 3.05) is 6.54 Å². The Morgan fingerprint density at radius 1 is 1.33 bits per heavy atom. The second-order valence-electron chi connectivity index (χ2n) is 4.69. The van der Waals surface area contributed by atoms with Gasteiger partial charge in [-0.05, 0) is 19.8 Å². The van der Waals surface area contributed by atoms with Gasteiger partial charge in [0.15, 0.2) is 0 Å². The number of nitrogens with two attached hydrogens (primary N) is 1. The quantitative estimate of drug-likeness (QED) is 0.755. The van der Waals surface area contributed by atoms with E-state index < -0.39 is 0 Å². The summed E-state index contributed by atoms with van der Waals surface area (Å²) >= 11 is 0. The molecular weight excluding hydrogens is 186 g/mol. The molecule has 0 atom stereocenters. The molecule has 15 heavy (non-hydrogen) atoms. The summed E-state index contributed by atoms with van der Waals surface area (Å²) in [5.74, 6) is 1.10. The fraction of sp³-hybridized carbons (Fsp3) is 0.750. The molecule has 0 aromatic carbocycles. The Balaban J connectivity index is 2.30. The number of aromatic nitrogens is 2. The second kappa shape index (κ2) is 4.35. The SMILES string of the molecule is Cc1nccn1C1(CN)CCCCCC1. The van der Waals surface area contributed by atoms with E-state index in [1.54, 1.807) is 0 Å². The van der Waals surface area contributed by atoms with Crippen molar-refractivity contribution in [1.82, 2.24) is 9.55 Å². The van der Waals surface area contributed by atoms with Crippen molar-refractivity contribution in [3.8, 4) is 0 Å². The lowest BCUT2D eigenvalue weighted by molar-refractivity contribution is 0.249. The lowest BCUT2D eigenvalue weighted by Crippen LogP contribution is -2.41. The van der Waals surface area contributed by atoms with Crippen molar-refractivity contribution in [3.05, 3.63) is 18.2 Å². The number of hydrogen-bond acceptors (Lipinski definition) is 2. The highest BCUT2D eigenvalue weighted by molar-refractivity contribution is 5.00. The molecule has 1 saturated carbocycles. The zero-order valence-corrected chi connectivity index (χ0v) is 9.58. The monoisotopic (exact) mass is 207 g/mol. The van der Waals surface area contributed by atoms with Crippen molar-refractivity contribution in [2.24, 2.45) is 5.73 Å². The van der Waals surface area contributed by atoms with Crippen LogP contribution in [0.25, 0.3) is 0 Å². The van der Waals surface area contributed by atoms with Gasteiger partial charge in [-0.1, -0.05) is 25.7 Å². The highest BCUT2D eigenvalue weighted by Crippen LogP contribution is 2.33. The van der Waals surface area contributed by atoms with Gasteiger partial charge >= 0.3 is 0 Å². The molecule has 84 valence electrons. The van der Waals surface area contributed by atoms with Gasteiger partial charge in [-0.3, -0.25) is 0 Å². The molecule has 2 rings (SSSR count). The molecule has 2 N–H and O–H groups in total. The number of imidazole rings is 1. The van der Waals surface area contributed by atoms with Crippen LogP contribution < -0.4 is 5.73 Å². The minimum Gasteiger partial charge on any atom is -0.328 e. The minimum atomic E-state index is 0.150. The van der Waals surface area contributed by atoms with Crippen LogP contribution in [0.4, 0.5) is 0 Å². The van der Waals surface area contributed by atoms with Gasteiger partial charge in [0.05, 0.1) is 5.54 Å². The highest BCUT2D eigenvalue weighted by atomic mass is 15.1. The van der Waals surface area contributed by atoms with E-state index in [0.717, 1.165) is 12.4 Å². The molecular formula is C12H21N3. The Bertz CT molecular complexity index is 308. The zero-order chi connectivity index (χ0) is 10.7. The van der Waals surface area contributed by atoms with E-state index >= 15 is 0 Å². The minimum absolute atomic E-state index is 0.150. The van der Waals surface area contributed by atoms with Crippen LogP contribution in [-0.2, 0) is 5.54 Å². The molecule has 3 nitrogen and oxygen atoms in total. The van der Waals surface area contributed by atoms with E-state index in [9.17, 15) is 0 Å². The van der Waals surface area contributed by atoms with E-state index in [4.69, 9.17) is 5.73 Å². The smallest absolute Gasteiger partial charge is 0.106 e. The molecule has 1 fully saturated rings. The summed E-state index contributed by atoms with van der Waals surface area (Å²) in [6.45, 7) is 2.81. The predicted molar refractivity (Wildman–Crippen MR) is 61.7 cm³/mol. The van der Waals surface area contributed by atoms with Crippen LogP contribution in [0, 0.1) is 6.92 Å². The predicted octanol–water partition coefficient (Wildman–Crippen LogP) is 2.20. The maximum atomic E-state index is 6.02. The Morgan fingerprint density at radius 2 is 2.00 bits per heavy atom. The molecule has 0 unspecified atom stereocenters. The first-order valence-corrected chi connectivity index (χ1v) is 5.99. The van der Waals surface area contributed by atoms with Crippen LogP contribution >= 0.6 is 0 Å². The fourth-order valence-corrected chi connectivity index (χ4v) is 2.81. The molecule has 0 aliphatic heterocycles. The third-order valence-electron chi connectivity index (χ3n) is 3.75. The largest absolute Gasteiger partial charge is 0.328 e. The van der Waals surface area contributed by atoms with Crippen LogP contribution in [-0.4, -0.2) is 16.1 Å². The second-order valence-corrected chi connectivity index (χ2v) is 4.69. The van der Waals surface area contributed by atoms with Gasteiger partial charge in [-0.15, -0.1) is 0 Å². The summed E-state index contributed by atoms with van der Waals surface area (Å²) in [5, 5.41) is 0. The Labute approximate surface area is 91.7 Å². The van der Waals surface area contributed by atoms with Gasteiger partial charge in [-0.2, -0.15) is 0 Å². The average Bonchev–Trinajstić information content (AvgIpc) is 2.56. The van der Waals surface area contributed by atoms with Crippen molar-refractivity contribution in [1.29, 1.82) is 0 Å². The molecule has 1 heterocycles. The first-order chi connectivity index (χ1) is 7.28. The van der Waals surface area contributed by atoms with Crippen LogP contribution in [0.3, 0.4) is 0 Å². The lowest BCUT2D eigenvalue weighted by Gasteiger charge is -2.34. The summed E-state index contributed by atoms with van der Waals surface area (Å²) in [6.07, 6.45) is 11.7. The van der Waals surface area contributed by atoms with E-state index in [0.29, 0.717) is 0 Å². The molecule has 1 aliphatic rings. The number of nitrogens with zero attached hydrogens (tertiary/aromatic N) is 2. The van der Waals surface area contributed by atoms with Crippen LogP contribution in [0.1, 0.15) is 44.3 Å². The van der Waals surface area contributed by atoms with Gasteiger partial charge < -0.3 is 10.3 Å². The maximum Gasteiger partial charge on any atom is 0.106 e. The average molecular weight is 207 g/mol. The lowest BCUT2D eigenvalue weighted by atomic mass is 9.90. The van der Waals surface area contributed by atoms with Gasteiger partial charge in [0.1, 0.15) is 5.82 Å². The Morgan fingerprint density at radius 3 is 2.47 bits per heavy atom. The first kappa shape index (κ1) is 10.7. The van der Waals surface area contributed by atoms with Gasteiger partial charge in [0.2, 0.25) is 0 Å². The Hall–Kier alpha value is -0.830. The zero-order valence-electron chi connectivity index (χ0n) is 9.58. The standard InChI is InChI=1S/C12H21N3/c1-11-14-8-9-15(11)12(10-13)6-4-2-3-5-7-12/h8-9H,2-7,10,13H2,1H3. The van der Waals surface area contributed by atoms with Gasteiger partial charge in [0.25, 0.3) is 0 Å². The van der Waals surface area contributed by atoms with Crippen molar-refractivity contribution in [2.45, 2.75) is 51.0 Å². The summed E-state index contributed by atoms with van der Waals surface area (Å²) in [5.41, 5.74) is 6.17. The van der Waals surface area contributed by atoms with E-state index in [1.165, 1.54) is 38.5 Å².